The normalized spacial score (nSPS) is 12.2. The lowest BCUT2D eigenvalue weighted by Gasteiger charge is -2.31. The Kier molecular flexibility index (Phi) is 6.83. The zero-order valence-electron chi connectivity index (χ0n) is 16.7. The number of hydrogen-bond donors (Lipinski definition) is 2. The van der Waals surface area contributed by atoms with E-state index in [1.54, 1.807) is 0 Å². The van der Waals surface area contributed by atoms with Gasteiger partial charge in [0, 0.05) is 23.8 Å². The van der Waals surface area contributed by atoms with Gasteiger partial charge in [0.2, 0.25) is 11.8 Å². The lowest BCUT2D eigenvalue weighted by atomic mass is 9.76. The summed E-state index contributed by atoms with van der Waals surface area (Å²) in [6, 6.07) is 24.0. The van der Waals surface area contributed by atoms with Crippen LogP contribution < -0.4 is 10.6 Å². The van der Waals surface area contributed by atoms with Crippen molar-refractivity contribution in [2.24, 2.45) is 0 Å². The van der Waals surface area contributed by atoms with E-state index in [1.807, 2.05) is 53.9 Å². The number of nitrogens with one attached hydrogen (secondary N) is 2. The van der Waals surface area contributed by atoms with Gasteiger partial charge in [-0.15, -0.1) is 11.3 Å². The number of thiophene rings is 1. The molecule has 0 radical (unpaired) electrons. The van der Waals surface area contributed by atoms with Crippen molar-refractivity contribution >= 4 is 23.2 Å². The first-order chi connectivity index (χ1) is 14.0. The Labute approximate surface area is 176 Å². The van der Waals surface area contributed by atoms with Crippen molar-refractivity contribution in [1.82, 2.24) is 10.6 Å². The predicted octanol–water partition coefficient (Wildman–Crippen LogP) is 4.44. The molecule has 0 aliphatic rings. The molecule has 0 spiro atoms. The number of hydrogen-bond acceptors (Lipinski definition) is 3. The molecule has 0 bridgehead atoms. The molecule has 3 aromatic rings. The van der Waals surface area contributed by atoms with Crippen molar-refractivity contribution < 1.29 is 9.59 Å². The molecule has 0 saturated carbocycles. The molecule has 1 aromatic heterocycles. The Morgan fingerprint density at radius 2 is 1.52 bits per heavy atom. The minimum absolute atomic E-state index is 0.0877. The number of carbonyl (C=O) groups excluding carboxylic acids is 2. The predicted molar refractivity (Wildman–Crippen MR) is 118 cm³/mol. The number of carbonyl (C=O) groups is 2. The van der Waals surface area contributed by atoms with E-state index in [0.29, 0.717) is 6.54 Å². The second-order valence-electron chi connectivity index (χ2n) is 7.31. The van der Waals surface area contributed by atoms with Gasteiger partial charge in [-0.3, -0.25) is 9.59 Å². The summed E-state index contributed by atoms with van der Waals surface area (Å²) >= 11 is 1.54. The quantitative estimate of drug-likeness (QED) is 0.581. The molecule has 150 valence electrons. The summed E-state index contributed by atoms with van der Waals surface area (Å²) in [6.45, 7) is 4.08. The molecule has 4 nitrogen and oxygen atoms in total. The molecule has 2 aromatic carbocycles. The summed E-state index contributed by atoms with van der Waals surface area (Å²) in [5.41, 5.74) is 1.93. The van der Waals surface area contributed by atoms with Gasteiger partial charge in [0.05, 0.1) is 12.5 Å². The van der Waals surface area contributed by atoms with Crippen LogP contribution in [-0.2, 0) is 15.0 Å². The largest absolute Gasteiger partial charge is 0.355 e. The van der Waals surface area contributed by atoms with Gasteiger partial charge in [-0.25, -0.2) is 0 Å². The molecule has 3 rings (SSSR count). The summed E-state index contributed by atoms with van der Waals surface area (Å²) in [7, 11) is 0. The molecule has 0 fully saturated rings. The smallest absolute Gasteiger partial charge is 0.222 e. The molecular weight excluding hydrogens is 380 g/mol. The molecule has 0 aliphatic heterocycles. The van der Waals surface area contributed by atoms with Crippen LogP contribution in [0.3, 0.4) is 0 Å². The zero-order valence-corrected chi connectivity index (χ0v) is 17.5. The monoisotopic (exact) mass is 406 g/mol. The summed E-state index contributed by atoms with van der Waals surface area (Å²) in [5, 5.41) is 7.93. The fourth-order valence-electron chi connectivity index (χ4n) is 3.47. The van der Waals surface area contributed by atoms with Crippen molar-refractivity contribution in [3.05, 3.63) is 94.2 Å². The summed E-state index contributed by atoms with van der Waals surface area (Å²) in [6.07, 6.45) is 0.208. The van der Waals surface area contributed by atoms with E-state index < -0.39 is 0 Å². The minimum Gasteiger partial charge on any atom is -0.355 e. The molecule has 5 heteroatoms. The minimum atomic E-state index is -0.357. The van der Waals surface area contributed by atoms with E-state index in [1.165, 1.54) is 18.3 Å². The van der Waals surface area contributed by atoms with Crippen LogP contribution in [0.25, 0.3) is 0 Å². The van der Waals surface area contributed by atoms with Crippen LogP contribution in [0.5, 0.6) is 0 Å². The van der Waals surface area contributed by atoms with E-state index in [4.69, 9.17) is 0 Å². The summed E-state index contributed by atoms with van der Waals surface area (Å²) in [5.74, 6) is -0.232. The van der Waals surface area contributed by atoms with Crippen molar-refractivity contribution in [3.8, 4) is 0 Å². The third kappa shape index (κ3) is 5.33. The Hall–Kier alpha value is -2.92. The van der Waals surface area contributed by atoms with Crippen molar-refractivity contribution in [2.45, 2.75) is 31.7 Å². The van der Waals surface area contributed by atoms with Crippen LogP contribution in [0.1, 0.15) is 42.3 Å². The Balaban J connectivity index is 1.75. The van der Waals surface area contributed by atoms with E-state index in [2.05, 4.69) is 41.8 Å². The Morgan fingerprint density at radius 1 is 0.931 bits per heavy atom. The van der Waals surface area contributed by atoms with E-state index >= 15 is 0 Å². The van der Waals surface area contributed by atoms with Crippen molar-refractivity contribution in [1.29, 1.82) is 0 Å². The van der Waals surface area contributed by atoms with Gasteiger partial charge in [-0.1, -0.05) is 66.7 Å². The SMILES string of the molecule is CC(=O)NC(CC(=O)NCC(C)(c1ccccc1)c1ccccc1)c1cccs1. The van der Waals surface area contributed by atoms with E-state index in [0.717, 1.165) is 16.0 Å². The Bertz CT molecular complexity index is 885. The lowest BCUT2D eigenvalue weighted by Crippen LogP contribution is -2.41. The first kappa shape index (κ1) is 20.8. The van der Waals surface area contributed by atoms with Gasteiger partial charge in [0.15, 0.2) is 0 Å². The van der Waals surface area contributed by atoms with Gasteiger partial charge >= 0.3 is 0 Å². The van der Waals surface area contributed by atoms with Crippen LogP contribution in [0.15, 0.2) is 78.2 Å². The van der Waals surface area contributed by atoms with Gasteiger partial charge in [-0.05, 0) is 29.5 Å². The third-order valence-electron chi connectivity index (χ3n) is 5.11. The molecule has 1 atom stereocenters. The van der Waals surface area contributed by atoms with Crippen LogP contribution in [0, 0.1) is 0 Å². The standard InChI is InChI=1S/C24H26N2O2S/c1-18(27)26-21(22-14-9-15-29-22)16-23(28)25-17-24(2,19-10-5-3-6-11-19)20-12-7-4-8-13-20/h3-15,21H,16-17H2,1-2H3,(H,25,28)(H,26,27). The second kappa shape index (κ2) is 9.52. The van der Waals surface area contributed by atoms with Gasteiger partial charge in [0.1, 0.15) is 0 Å². The fraction of sp³-hybridized carbons (Fsp3) is 0.250. The highest BCUT2D eigenvalue weighted by Crippen LogP contribution is 2.31. The number of benzene rings is 2. The highest BCUT2D eigenvalue weighted by molar-refractivity contribution is 7.10. The zero-order chi connectivity index (χ0) is 20.7. The summed E-state index contributed by atoms with van der Waals surface area (Å²) < 4.78 is 0. The van der Waals surface area contributed by atoms with Gasteiger partial charge < -0.3 is 10.6 Å². The summed E-state index contributed by atoms with van der Waals surface area (Å²) in [4.78, 5) is 25.3. The van der Waals surface area contributed by atoms with Gasteiger partial charge in [0.25, 0.3) is 0 Å². The molecule has 1 heterocycles. The van der Waals surface area contributed by atoms with Crippen LogP contribution in [0.4, 0.5) is 0 Å². The van der Waals surface area contributed by atoms with E-state index in [-0.39, 0.29) is 29.7 Å². The van der Waals surface area contributed by atoms with Crippen LogP contribution >= 0.6 is 11.3 Å². The average molecular weight is 407 g/mol. The highest BCUT2D eigenvalue weighted by atomic mass is 32.1. The molecule has 29 heavy (non-hydrogen) atoms. The van der Waals surface area contributed by atoms with Gasteiger partial charge in [-0.2, -0.15) is 0 Å². The molecular formula is C24H26N2O2S. The van der Waals surface area contributed by atoms with E-state index in [9.17, 15) is 9.59 Å². The first-order valence-electron chi connectivity index (χ1n) is 9.67. The second-order valence-corrected chi connectivity index (χ2v) is 8.29. The molecule has 0 aliphatic carbocycles. The molecule has 2 amide bonds. The van der Waals surface area contributed by atoms with Crippen LogP contribution in [0.2, 0.25) is 0 Å². The first-order valence-corrected chi connectivity index (χ1v) is 10.6. The number of rotatable bonds is 8. The third-order valence-corrected chi connectivity index (χ3v) is 6.10. The highest BCUT2D eigenvalue weighted by Gasteiger charge is 2.29. The van der Waals surface area contributed by atoms with Crippen molar-refractivity contribution in [2.75, 3.05) is 6.54 Å². The maximum absolute atomic E-state index is 12.8. The molecule has 1 unspecified atom stereocenters. The number of amides is 2. The molecule has 2 N–H and O–H groups in total. The fourth-order valence-corrected chi connectivity index (χ4v) is 4.25. The maximum atomic E-state index is 12.8. The maximum Gasteiger partial charge on any atom is 0.222 e. The van der Waals surface area contributed by atoms with Crippen LogP contribution in [-0.4, -0.2) is 18.4 Å². The lowest BCUT2D eigenvalue weighted by molar-refractivity contribution is -0.122. The van der Waals surface area contributed by atoms with Crippen molar-refractivity contribution in [3.63, 3.8) is 0 Å². The molecule has 0 saturated heterocycles. The average Bonchev–Trinajstić information content (AvgIpc) is 3.27. The Morgan fingerprint density at radius 3 is 2.00 bits per heavy atom. The topological polar surface area (TPSA) is 58.2 Å².